The van der Waals surface area contributed by atoms with Crippen LogP contribution < -0.4 is 15.2 Å². The van der Waals surface area contributed by atoms with Crippen molar-refractivity contribution in [3.05, 3.63) is 65.5 Å². The number of benzene rings is 2. The molecular formula is C27H26ClFN4O4. The Bertz CT molecular complexity index is 1470. The lowest BCUT2D eigenvalue weighted by molar-refractivity contribution is -0.177. The van der Waals surface area contributed by atoms with Crippen LogP contribution in [-0.4, -0.2) is 45.4 Å². The largest absolute Gasteiger partial charge is 0.494 e. The maximum atomic E-state index is 14.5. The van der Waals surface area contributed by atoms with Crippen molar-refractivity contribution in [2.45, 2.75) is 36.7 Å². The number of rotatable bonds is 6. The number of hydrogen-bond acceptors (Lipinski definition) is 7. The second-order valence-corrected chi connectivity index (χ2v) is 10.1. The van der Waals surface area contributed by atoms with E-state index in [1.165, 1.54) is 25.4 Å². The second-order valence-electron chi connectivity index (χ2n) is 9.74. The van der Waals surface area contributed by atoms with E-state index in [4.69, 9.17) is 36.5 Å². The van der Waals surface area contributed by atoms with Crippen LogP contribution in [0.1, 0.15) is 31.5 Å². The Morgan fingerprint density at radius 1 is 1.14 bits per heavy atom. The van der Waals surface area contributed by atoms with Gasteiger partial charge in [0.15, 0.2) is 11.5 Å². The molecule has 2 saturated heterocycles. The third kappa shape index (κ3) is 3.80. The second kappa shape index (κ2) is 8.86. The fourth-order valence-corrected chi connectivity index (χ4v) is 5.67. The van der Waals surface area contributed by atoms with Crippen molar-refractivity contribution in [1.29, 1.82) is 0 Å². The van der Waals surface area contributed by atoms with E-state index in [0.717, 1.165) is 37.1 Å². The standard InChI is InChI=1S/C27H26ClFN4O4/c1-35-18-3-2-4-19(21(18)29)37-17-7-5-16(6-8-17)22-23-24(30)31-13-20(28)33(23)25(32-22)26-9-11-27(14-34,12-10-26)36-15-26/h2-8,13,34H,9-12,14-15H2,1H3,(H2,30,31). The van der Waals surface area contributed by atoms with Gasteiger partial charge in [0.2, 0.25) is 5.82 Å². The number of aliphatic hydroxyl groups excluding tert-OH is 1. The summed E-state index contributed by atoms with van der Waals surface area (Å²) in [5, 5.41) is 10.3. The summed E-state index contributed by atoms with van der Waals surface area (Å²) in [5.74, 6) is 1.15. The number of nitrogens with two attached hydrogens (primary N) is 1. The molecule has 3 aliphatic rings. The number of hydrogen-bond donors (Lipinski definition) is 2. The zero-order chi connectivity index (χ0) is 25.8. The third-order valence-corrected chi connectivity index (χ3v) is 7.95. The number of anilines is 1. The molecule has 192 valence electrons. The van der Waals surface area contributed by atoms with E-state index in [2.05, 4.69) is 4.98 Å². The molecule has 3 N–H and O–H groups in total. The number of aliphatic hydroxyl groups is 1. The number of fused-ring (bicyclic) bond motifs is 4. The summed E-state index contributed by atoms with van der Waals surface area (Å²) in [6.45, 7) is 0.464. The molecule has 4 heterocycles. The summed E-state index contributed by atoms with van der Waals surface area (Å²) >= 11 is 6.65. The number of halogens is 2. The van der Waals surface area contributed by atoms with Crippen LogP contribution in [0.5, 0.6) is 17.2 Å². The number of aromatic nitrogens is 3. The Kier molecular flexibility index (Phi) is 5.74. The van der Waals surface area contributed by atoms with E-state index in [0.29, 0.717) is 34.5 Å². The number of nitrogen functional groups attached to an aromatic ring is 1. The lowest BCUT2D eigenvalue weighted by Crippen LogP contribution is -2.55. The average Bonchev–Trinajstić information content (AvgIpc) is 3.36. The molecule has 0 spiro atoms. The van der Waals surface area contributed by atoms with Crippen LogP contribution in [-0.2, 0) is 10.2 Å². The normalized spacial score (nSPS) is 22.9. The van der Waals surface area contributed by atoms with Gasteiger partial charge in [0.1, 0.15) is 33.8 Å². The fourth-order valence-electron chi connectivity index (χ4n) is 5.45. The quantitative estimate of drug-likeness (QED) is 0.359. The van der Waals surface area contributed by atoms with E-state index in [9.17, 15) is 9.50 Å². The molecule has 0 radical (unpaired) electrons. The van der Waals surface area contributed by atoms with E-state index >= 15 is 0 Å². The summed E-state index contributed by atoms with van der Waals surface area (Å²) in [5.41, 5.74) is 7.59. The molecule has 2 aromatic heterocycles. The minimum Gasteiger partial charge on any atom is -0.494 e. The molecule has 0 unspecified atom stereocenters. The Morgan fingerprint density at radius 3 is 2.51 bits per heavy atom. The lowest BCUT2D eigenvalue weighted by Gasteiger charge is -2.51. The molecular weight excluding hydrogens is 499 g/mol. The molecule has 8 nitrogen and oxygen atoms in total. The summed E-state index contributed by atoms with van der Waals surface area (Å²) in [6.07, 6.45) is 4.67. The first-order valence-electron chi connectivity index (χ1n) is 12.1. The third-order valence-electron chi connectivity index (χ3n) is 7.68. The van der Waals surface area contributed by atoms with Crippen LogP contribution in [0.2, 0.25) is 5.15 Å². The van der Waals surface area contributed by atoms with Crippen molar-refractivity contribution in [2.75, 3.05) is 26.1 Å². The van der Waals surface area contributed by atoms with Gasteiger partial charge in [-0.1, -0.05) is 17.7 Å². The van der Waals surface area contributed by atoms with E-state index < -0.39 is 11.4 Å². The van der Waals surface area contributed by atoms with Crippen molar-refractivity contribution < 1.29 is 23.7 Å². The van der Waals surface area contributed by atoms with Gasteiger partial charge in [0.05, 0.1) is 37.5 Å². The number of ether oxygens (including phenoxy) is 3. The zero-order valence-corrected chi connectivity index (χ0v) is 21.0. The van der Waals surface area contributed by atoms with Crippen LogP contribution in [0.25, 0.3) is 16.8 Å². The van der Waals surface area contributed by atoms with Crippen LogP contribution >= 0.6 is 11.6 Å². The van der Waals surface area contributed by atoms with E-state index in [1.807, 2.05) is 16.5 Å². The minimum absolute atomic E-state index is 0.0162. The Hall–Kier alpha value is -3.40. The maximum absolute atomic E-state index is 14.5. The summed E-state index contributed by atoms with van der Waals surface area (Å²) in [4.78, 5) is 9.35. The molecule has 1 saturated carbocycles. The summed E-state index contributed by atoms with van der Waals surface area (Å²) < 4.78 is 33.4. The Morgan fingerprint density at radius 2 is 1.86 bits per heavy atom. The van der Waals surface area contributed by atoms with Crippen molar-refractivity contribution in [3.8, 4) is 28.5 Å². The smallest absolute Gasteiger partial charge is 0.207 e. The average molecular weight is 525 g/mol. The van der Waals surface area contributed by atoms with Crippen LogP contribution in [0.15, 0.2) is 48.7 Å². The van der Waals surface area contributed by atoms with Crippen molar-refractivity contribution in [2.24, 2.45) is 0 Å². The number of imidazole rings is 1. The number of methoxy groups -OCH3 is 1. The van der Waals surface area contributed by atoms with Crippen molar-refractivity contribution in [3.63, 3.8) is 0 Å². The van der Waals surface area contributed by atoms with Gasteiger partial charge in [-0.2, -0.15) is 4.39 Å². The van der Waals surface area contributed by atoms with E-state index in [-0.39, 0.29) is 23.5 Å². The predicted molar refractivity (Wildman–Crippen MR) is 137 cm³/mol. The molecule has 0 atom stereocenters. The first-order chi connectivity index (χ1) is 17.9. The highest BCUT2D eigenvalue weighted by atomic mass is 35.5. The van der Waals surface area contributed by atoms with Gasteiger partial charge in [0, 0.05) is 5.56 Å². The van der Waals surface area contributed by atoms with Crippen LogP contribution in [0.3, 0.4) is 0 Å². The first kappa shape index (κ1) is 24.0. The molecule has 2 aromatic carbocycles. The molecule has 2 aliphatic heterocycles. The summed E-state index contributed by atoms with van der Waals surface area (Å²) in [6, 6.07) is 11.9. The lowest BCUT2D eigenvalue weighted by atomic mass is 9.66. The van der Waals surface area contributed by atoms with Gasteiger partial charge in [-0.25, -0.2) is 9.97 Å². The fraction of sp³-hybridized carbons (Fsp3) is 0.333. The van der Waals surface area contributed by atoms with Gasteiger partial charge in [-0.3, -0.25) is 4.40 Å². The van der Waals surface area contributed by atoms with Gasteiger partial charge in [-0.05, 0) is 62.1 Å². The molecule has 37 heavy (non-hydrogen) atoms. The topological polar surface area (TPSA) is 104 Å². The van der Waals surface area contributed by atoms with Gasteiger partial charge < -0.3 is 25.1 Å². The van der Waals surface area contributed by atoms with Gasteiger partial charge >= 0.3 is 0 Å². The van der Waals surface area contributed by atoms with E-state index in [1.54, 1.807) is 18.2 Å². The first-order valence-corrected chi connectivity index (χ1v) is 12.4. The molecule has 0 amide bonds. The van der Waals surface area contributed by atoms with Crippen LogP contribution in [0.4, 0.5) is 10.2 Å². The Balaban J connectivity index is 1.39. The van der Waals surface area contributed by atoms with Gasteiger partial charge in [0.25, 0.3) is 0 Å². The zero-order valence-electron chi connectivity index (χ0n) is 20.2. The highest BCUT2D eigenvalue weighted by molar-refractivity contribution is 6.30. The Labute approximate surface area is 217 Å². The minimum atomic E-state index is -0.570. The molecule has 3 fully saturated rings. The highest BCUT2D eigenvalue weighted by Crippen LogP contribution is 2.51. The van der Waals surface area contributed by atoms with Crippen LogP contribution in [0, 0.1) is 5.82 Å². The van der Waals surface area contributed by atoms with Gasteiger partial charge in [-0.15, -0.1) is 0 Å². The number of nitrogens with zero attached hydrogens (tertiary/aromatic N) is 3. The molecule has 7 rings (SSSR count). The molecule has 10 heteroatoms. The SMILES string of the molecule is COc1cccc(Oc2ccc(-c3nc(C45CCC(CO)(CC4)OC5)n4c(Cl)cnc(N)c34)cc2)c1F. The highest BCUT2D eigenvalue weighted by Gasteiger charge is 2.52. The van der Waals surface area contributed by atoms with Crippen molar-refractivity contribution in [1.82, 2.24) is 14.4 Å². The van der Waals surface area contributed by atoms with Crippen molar-refractivity contribution >= 4 is 22.9 Å². The summed E-state index contributed by atoms with van der Waals surface area (Å²) in [7, 11) is 1.41. The monoisotopic (exact) mass is 524 g/mol. The maximum Gasteiger partial charge on any atom is 0.207 e. The molecule has 2 bridgehead atoms. The predicted octanol–water partition coefficient (Wildman–Crippen LogP) is 5.15. The molecule has 1 aliphatic carbocycles. The molecule has 4 aromatic rings.